The van der Waals surface area contributed by atoms with Crippen molar-refractivity contribution in [3.8, 4) is 0 Å². The molecule has 1 aromatic carbocycles. The molecule has 2 aliphatic rings. The van der Waals surface area contributed by atoms with Gasteiger partial charge in [0, 0.05) is 36.8 Å². The van der Waals surface area contributed by atoms with Gasteiger partial charge in [-0.15, -0.1) is 0 Å². The first-order valence-corrected chi connectivity index (χ1v) is 6.69. The normalized spacial score (nSPS) is 19.7. The summed E-state index contributed by atoms with van der Waals surface area (Å²) in [6.45, 7) is 1.82. The number of nitrogens with zero attached hydrogens (tertiary/aromatic N) is 2. The second-order valence-corrected chi connectivity index (χ2v) is 5.01. The zero-order valence-corrected chi connectivity index (χ0v) is 11.0. The van der Waals surface area contributed by atoms with E-state index in [4.69, 9.17) is 9.47 Å². The Morgan fingerprint density at radius 2 is 1.70 bits per heavy atom. The lowest BCUT2D eigenvalue weighted by atomic mass is 9.96. The molecule has 0 N–H and O–H groups in total. The molecule has 1 aromatic rings. The van der Waals surface area contributed by atoms with Gasteiger partial charge in [0.05, 0.1) is 4.92 Å². The lowest BCUT2D eigenvalue weighted by Crippen LogP contribution is -2.38. The van der Waals surface area contributed by atoms with Gasteiger partial charge in [-0.25, -0.2) is 0 Å². The minimum Gasteiger partial charge on any atom is -0.459 e. The molecule has 6 heteroatoms. The second-order valence-electron chi connectivity index (χ2n) is 5.01. The van der Waals surface area contributed by atoms with Gasteiger partial charge in [0.15, 0.2) is 0 Å². The van der Waals surface area contributed by atoms with Crippen LogP contribution in [-0.4, -0.2) is 24.3 Å². The van der Waals surface area contributed by atoms with Crippen molar-refractivity contribution >= 4 is 11.4 Å². The summed E-state index contributed by atoms with van der Waals surface area (Å²) in [5.74, 6) is 0.402. The Morgan fingerprint density at radius 3 is 2.25 bits per heavy atom. The summed E-state index contributed by atoms with van der Waals surface area (Å²) >= 11 is 0. The highest BCUT2D eigenvalue weighted by Gasteiger charge is 2.29. The number of piperidine rings is 1. The monoisotopic (exact) mass is 276 g/mol. The molecule has 1 saturated heterocycles. The first kappa shape index (κ1) is 12.8. The van der Waals surface area contributed by atoms with E-state index in [-0.39, 0.29) is 16.9 Å². The van der Waals surface area contributed by atoms with Crippen molar-refractivity contribution in [3.63, 3.8) is 0 Å². The van der Waals surface area contributed by atoms with Gasteiger partial charge in [0.25, 0.3) is 5.69 Å². The van der Waals surface area contributed by atoms with E-state index < -0.39 is 0 Å². The Hall–Kier alpha value is -2.24. The maximum Gasteiger partial charge on any atom is 0.269 e. The van der Waals surface area contributed by atoms with E-state index in [1.54, 1.807) is 24.7 Å². The van der Waals surface area contributed by atoms with Gasteiger partial charge in [-0.05, 0) is 25.0 Å². The van der Waals surface area contributed by atoms with Crippen molar-refractivity contribution in [2.24, 2.45) is 5.92 Å². The summed E-state index contributed by atoms with van der Waals surface area (Å²) in [6.07, 6.45) is 5.02. The summed E-state index contributed by atoms with van der Waals surface area (Å²) in [5, 5.41) is 10.6. The minimum absolute atomic E-state index is 0.127. The van der Waals surface area contributed by atoms with Gasteiger partial charge in [0.2, 0.25) is 6.29 Å². The molecule has 0 aromatic heterocycles. The van der Waals surface area contributed by atoms with Crippen molar-refractivity contribution in [2.75, 3.05) is 18.0 Å². The van der Waals surface area contributed by atoms with Gasteiger partial charge in [-0.1, -0.05) is 0 Å². The van der Waals surface area contributed by atoms with E-state index in [2.05, 4.69) is 4.90 Å². The van der Waals surface area contributed by atoms with Crippen LogP contribution in [0.25, 0.3) is 0 Å². The van der Waals surface area contributed by atoms with Crippen LogP contribution >= 0.6 is 0 Å². The summed E-state index contributed by atoms with van der Waals surface area (Å²) in [5.41, 5.74) is 1.16. The van der Waals surface area contributed by atoms with E-state index >= 15 is 0 Å². The largest absolute Gasteiger partial charge is 0.459 e. The first-order valence-electron chi connectivity index (χ1n) is 6.69. The fourth-order valence-electron chi connectivity index (χ4n) is 2.69. The Kier molecular flexibility index (Phi) is 3.45. The molecule has 2 heterocycles. The summed E-state index contributed by atoms with van der Waals surface area (Å²) in [7, 11) is 0. The summed E-state index contributed by atoms with van der Waals surface area (Å²) in [4.78, 5) is 12.5. The molecule has 0 aliphatic carbocycles. The minimum atomic E-state index is -0.377. The number of hydrogen-bond donors (Lipinski definition) is 0. The quantitative estimate of drug-likeness (QED) is 0.627. The fourth-order valence-corrected chi connectivity index (χ4v) is 2.69. The summed E-state index contributed by atoms with van der Waals surface area (Å²) < 4.78 is 10.8. The van der Waals surface area contributed by atoms with Gasteiger partial charge < -0.3 is 14.4 Å². The lowest BCUT2D eigenvalue weighted by molar-refractivity contribution is -0.384. The summed E-state index contributed by atoms with van der Waals surface area (Å²) in [6, 6.07) is 6.72. The number of nitro benzene ring substituents is 1. The standard InChI is InChI=1S/C14H16N2O4/c17-16(18)13-3-1-12(2-4-13)15-7-5-11(6-8-15)14-19-9-10-20-14/h1-4,9-11,14H,5-8H2. The topological polar surface area (TPSA) is 64.8 Å². The van der Waals surface area contributed by atoms with Crippen molar-refractivity contribution in [2.45, 2.75) is 19.1 Å². The number of anilines is 1. The van der Waals surface area contributed by atoms with Gasteiger partial charge in [-0.2, -0.15) is 0 Å². The first-order chi connectivity index (χ1) is 9.74. The van der Waals surface area contributed by atoms with E-state index in [0.717, 1.165) is 31.6 Å². The molecule has 20 heavy (non-hydrogen) atoms. The number of ether oxygens (including phenoxy) is 2. The van der Waals surface area contributed by atoms with Crippen LogP contribution in [0.4, 0.5) is 11.4 Å². The van der Waals surface area contributed by atoms with Crippen LogP contribution in [0.5, 0.6) is 0 Å². The Balaban J connectivity index is 1.58. The van der Waals surface area contributed by atoms with Crippen molar-refractivity contribution < 1.29 is 14.4 Å². The highest BCUT2D eigenvalue weighted by atomic mass is 16.7. The number of nitro groups is 1. The maximum atomic E-state index is 10.6. The van der Waals surface area contributed by atoms with Crippen LogP contribution in [0, 0.1) is 16.0 Å². The van der Waals surface area contributed by atoms with Crippen LogP contribution in [0.15, 0.2) is 36.8 Å². The van der Waals surface area contributed by atoms with Crippen LogP contribution < -0.4 is 4.90 Å². The molecule has 0 spiro atoms. The third-order valence-electron chi connectivity index (χ3n) is 3.83. The van der Waals surface area contributed by atoms with E-state index in [1.807, 2.05) is 12.1 Å². The van der Waals surface area contributed by atoms with Crippen molar-refractivity contribution in [1.29, 1.82) is 0 Å². The SMILES string of the molecule is O=[N+]([O-])c1ccc(N2CCC(C3OC=CO3)CC2)cc1. The third kappa shape index (κ3) is 2.54. The molecule has 6 nitrogen and oxygen atoms in total. The maximum absolute atomic E-state index is 10.6. The third-order valence-corrected chi connectivity index (χ3v) is 3.83. The highest BCUT2D eigenvalue weighted by molar-refractivity contribution is 5.51. The molecule has 0 amide bonds. The second kappa shape index (κ2) is 5.40. The van der Waals surface area contributed by atoms with Gasteiger partial charge in [0.1, 0.15) is 12.5 Å². The molecular weight excluding hydrogens is 260 g/mol. The average molecular weight is 276 g/mol. The predicted octanol–water partition coefficient (Wildman–Crippen LogP) is 2.66. The fraction of sp³-hybridized carbons (Fsp3) is 0.429. The lowest BCUT2D eigenvalue weighted by Gasteiger charge is -2.35. The van der Waals surface area contributed by atoms with Crippen LogP contribution in [0.3, 0.4) is 0 Å². The Morgan fingerprint density at radius 1 is 1.10 bits per heavy atom. The zero-order valence-electron chi connectivity index (χ0n) is 11.0. The van der Waals surface area contributed by atoms with Gasteiger partial charge in [-0.3, -0.25) is 10.1 Å². The Labute approximate surface area is 116 Å². The highest BCUT2D eigenvalue weighted by Crippen LogP contribution is 2.29. The van der Waals surface area contributed by atoms with Gasteiger partial charge >= 0.3 is 0 Å². The Bertz CT molecular complexity index is 498. The van der Waals surface area contributed by atoms with E-state index in [0.29, 0.717) is 5.92 Å². The molecule has 0 bridgehead atoms. The smallest absolute Gasteiger partial charge is 0.269 e. The number of benzene rings is 1. The molecule has 0 unspecified atom stereocenters. The molecule has 2 aliphatic heterocycles. The average Bonchev–Trinajstić information content (AvgIpc) is 3.02. The van der Waals surface area contributed by atoms with Crippen molar-refractivity contribution in [3.05, 3.63) is 46.9 Å². The van der Waals surface area contributed by atoms with Crippen LogP contribution in [0.1, 0.15) is 12.8 Å². The van der Waals surface area contributed by atoms with Crippen molar-refractivity contribution in [1.82, 2.24) is 0 Å². The molecule has 0 radical (unpaired) electrons. The zero-order chi connectivity index (χ0) is 13.9. The predicted molar refractivity (Wildman–Crippen MR) is 73.1 cm³/mol. The number of hydrogen-bond acceptors (Lipinski definition) is 5. The molecule has 0 atom stereocenters. The molecular formula is C14H16N2O4. The van der Waals surface area contributed by atoms with Crippen LogP contribution in [-0.2, 0) is 9.47 Å². The van der Waals surface area contributed by atoms with Crippen LogP contribution in [0.2, 0.25) is 0 Å². The number of non-ortho nitro benzene ring substituents is 1. The van der Waals surface area contributed by atoms with E-state index in [1.165, 1.54) is 0 Å². The molecule has 1 fully saturated rings. The molecule has 3 rings (SSSR count). The molecule has 0 saturated carbocycles. The van der Waals surface area contributed by atoms with E-state index in [9.17, 15) is 10.1 Å². The molecule has 106 valence electrons. The number of rotatable bonds is 3.